The van der Waals surface area contributed by atoms with E-state index < -0.39 is 29.4 Å². The maximum atomic E-state index is 12.6. The summed E-state index contributed by atoms with van der Waals surface area (Å²) in [6.07, 6.45) is -8.17. The molecule has 1 aromatic heterocycles. The highest BCUT2D eigenvalue weighted by Crippen LogP contribution is 2.30. The van der Waals surface area contributed by atoms with Gasteiger partial charge in [-0.25, -0.2) is 4.98 Å². The number of carbonyl (C=O) groups excluding carboxylic acids is 1. The van der Waals surface area contributed by atoms with Gasteiger partial charge in [-0.3, -0.25) is 4.79 Å². The predicted molar refractivity (Wildman–Crippen MR) is 88.8 cm³/mol. The first kappa shape index (κ1) is 20.0. The molecule has 28 heavy (non-hydrogen) atoms. The van der Waals surface area contributed by atoms with Crippen LogP contribution in [0.2, 0.25) is 0 Å². The molecule has 4 nitrogen and oxygen atoms in total. The minimum atomic E-state index is -4.47. The molecule has 1 amide bonds. The lowest BCUT2D eigenvalue weighted by molar-refractivity contribution is -0.138. The van der Waals surface area contributed by atoms with Gasteiger partial charge in [0.25, 0.3) is 5.91 Å². The number of pyridine rings is 1. The van der Waals surface area contributed by atoms with Crippen molar-refractivity contribution in [3.8, 4) is 0 Å². The third-order valence-electron chi connectivity index (χ3n) is 4.43. The van der Waals surface area contributed by atoms with Crippen LogP contribution in [-0.4, -0.2) is 42.0 Å². The Kier molecular flexibility index (Phi) is 5.22. The minimum Gasteiger partial charge on any atom is -0.353 e. The van der Waals surface area contributed by atoms with Crippen LogP contribution in [0.4, 0.5) is 32.2 Å². The van der Waals surface area contributed by atoms with Crippen molar-refractivity contribution in [2.75, 3.05) is 31.1 Å². The Bertz CT molecular complexity index is 822. The van der Waals surface area contributed by atoms with Crippen molar-refractivity contribution in [1.82, 2.24) is 9.88 Å². The number of hydrogen-bond donors (Lipinski definition) is 0. The number of carbonyl (C=O) groups is 1. The standard InChI is InChI=1S/C18H15F6N3O/c19-17(20,21)13-3-1-12(2-4-13)16(28)27-9-7-26(8-10-27)15-6-5-14(11-25-15)18(22,23)24/h1-6,11H,7-10H2. The van der Waals surface area contributed by atoms with E-state index >= 15 is 0 Å². The highest BCUT2D eigenvalue weighted by atomic mass is 19.4. The van der Waals surface area contributed by atoms with E-state index in [-0.39, 0.29) is 18.7 Å². The average molecular weight is 403 g/mol. The second-order valence-corrected chi connectivity index (χ2v) is 6.26. The zero-order chi connectivity index (χ0) is 20.5. The number of anilines is 1. The van der Waals surface area contributed by atoms with E-state index in [0.29, 0.717) is 18.9 Å². The van der Waals surface area contributed by atoms with Crippen molar-refractivity contribution in [2.45, 2.75) is 12.4 Å². The summed E-state index contributed by atoms with van der Waals surface area (Å²) >= 11 is 0. The van der Waals surface area contributed by atoms with Crippen molar-refractivity contribution in [3.05, 3.63) is 59.3 Å². The molecule has 1 saturated heterocycles. The molecular weight excluding hydrogens is 388 g/mol. The SMILES string of the molecule is O=C(c1ccc(C(F)(F)F)cc1)N1CCN(c2ccc(C(F)(F)F)cn2)CC1. The van der Waals surface area contributed by atoms with Gasteiger partial charge in [-0.15, -0.1) is 0 Å². The first-order chi connectivity index (χ1) is 13.1. The van der Waals surface area contributed by atoms with Crippen LogP contribution >= 0.6 is 0 Å². The van der Waals surface area contributed by atoms with Gasteiger partial charge in [0.05, 0.1) is 11.1 Å². The van der Waals surface area contributed by atoms with Crippen LogP contribution in [0.25, 0.3) is 0 Å². The summed E-state index contributed by atoms with van der Waals surface area (Å²) in [5.74, 6) is -0.0246. The van der Waals surface area contributed by atoms with Crippen LogP contribution in [-0.2, 0) is 12.4 Å². The van der Waals surface area contributed by atoms with Gasteiger partial charge in [-0.1, -0.05) is 0 Å². The number of piperazine rings is 1. The lowest BCUT2D eigenvalue weighted by Crippen LogP contribution is -2.49. The molecule has 150 valence electrons. The van der Waals surface area contributed by atoms with Crippen LogP contribution < -0.4 is 4.90 Å². The molecule has 0 bridgehead atoms. The van der Waals surface area contributed by atoms with Crippen LogP contribution in [0.1, 0.15) is 21.5 Å². The average Bonchev–Trinajstić information content (AvgIpc) is 2.66. The molecule has 2 aromatic rings. The third-order valence-corrected chi connectivity index (χ3v) is 4.43. The molecule has 0 N–H and O–H groups in total. The van der Waals surface area contributed by atoms with Crippen LogP contribution in [0.5, 0.6) is 0 Å². The lowest BCUT2D eigenvalue weighted by atomic mass is 10.1. The fourth-order valence-electron chi connectivity index (χ4n) is 2.86. The number of benzene rings is 1. The second kappa shape index (κ2) is 7.33. The van der Waals surface area contributed by atoms with E-state index in [9.17, 15) is 31.1 Å². The Hall–Kier alpha value is -2.78. The molecule has 0 radical (unpaired) electrons. The topological polar surface area (TPSA) is 36.4 Å². The Labute approximate surface area is 156 Å². The molecular formula is C18H15F6N3O. The Morgan fingerprint density at radius 2 is 1.32 bits per heavy atom. The van der Waals surface area contributed by atoms with Crippen molar-refractivity contribution in [2.24, 2.45) is 0 Å². The van der Waals surface area contributed by atoms with Gasteiger partial charge in [-0.2, -0.15) is 26.3 Å². The summed E-state index contributed by atoms with van der Waals surface area (Å²) < 4.78 is 75.6. The number of rotatable bonds is 2. The van der Waals surface area contributed by atoms with E-state index in [2.05, 4.69) is 4.98 Å². The first-order valence-corrected chi connectivity index (χ1v) is 8.30. The molecule has 1 aliphatic heterocycles. The zero-order valence-electron chi connectivity index (χ0n) is 14.4. The van der Waals surface area contributed by atoms with E-state index in [4.69, 9.17) is 0 Å². The molecule has 10 heteroatoms. The Morgan fingerprint density at radius 3 is 1.79 bits per heavy atom. The zero-order valence-corrected chi connectivity index (χ0v) is 14.4. The predicted octanol–water partition coefficient (Wildman–Crippen LogP) is 4.08. The van der Waals surface area contributed by atoms with E-state index in [1.165, 1.54) is 11.0 Å². The minimum absolute atomic E-state index is 0.147. The molecule has 1 fully saturated rings. The normalized spacial score (nSPS) is 15.6. The largest absolute Gasteiger partial charge is 0.417 e. The number of halogens is 6. The lowest BCUT2D eigenvalue weighted by Gasteiger charge is -2.35. The molecule has 0 saturated carbocycles. The molecule has 1 aromatic carbocycles. The number of alkyl halides is 6. The number of hydrogen-bond acceptors (Lipinski definition) is 3. The first-order valence-electron chi connectivity index (χ1n) is 8.30. The van der Waals surface area contributed by atoms with Crippen molar-refractivity contribution >= 4 is 11.7 Å². The number of amides is 1. The van der Waals surface area contributed by atoms with Gasteiger partial charge in [-0.05, 0) is 36.4 Å². The summed E-state index contributed by atoms with van der Waals surface area (Å²) in [6, 6.07) is 6.20. The maximum absolute atomic E-state index is 12.6. The molecule has 0 aliphatic carbocycles. The smallest absolute Gasteiger partial charge is 0.353 e. The van der Waals surface area contributed by atoms with Crippen molar-refractivity contribution in [3.63, 3.8) is 0 Å². The van der Waals surface area contributed by atoms with Gasteiger partial charge >= 0.3 is 12.4 Å². The van der Waals surface area contributed by atoms with Gasteiger partial charge in [0.15, 0.2) is 0 Å². The summed E-state index contributed by atoms with van der Waals surface area (Å²) in [4.78, 5) is 19.5. The van der Waals surface area contributed by atoms with Gasteiger partial charge in [0.2, 0.25) is 0 Å². The molecule has 1 aliphatic rings. The van der Waals surface area contributed by atoms with Gasteiger partial charge < -0.3 is 9.80 Å². The fourth-order valence-corrected chi connectivity index (χ4v) is 2.86. The van der Waals surface area contributed by atoms with Crippen molar-refractivity contribution in [1.29, 1.82) is 0 Å². The molecule has 3 rings (SSSR count). The number of aromatic nitrogens is 1. The fraction of sp³-hybridized carbons (Fsp3) is 0.333. The summed E-state index contributed by atoms with van der Waals surface area (Å²) in [7, 11) is 0. The molecule has 0 spiro atoms. The Morgan fingerprint density at radius 1 is 0.786 bits per heavy atom. The number of nitrogens with zero attached hydrogens (tertiary/aromatic N) is 3. The van der Waals surface area contributed by atoms with E-state index in [1.54, 1.807) is 4.90 Å². The van der Waals surface area contributed by atoms with Gasteiger partial charge in [0.1, 0.15) is 5.82 Å². The Balaban J connectivity index is 1.61. The van der Waals surface area contributed by atoms with Crippen LogP contribution in [0, 0.1) is 0 Å². The molecule has 0 atom stereocenters. The van der Waals surface area contributed by atoms with Crippen LogP contribution in [0.3, 0.4) is 0 Å². The summed E-state index contributed by atoms with van der Waals surface area (Å²) in [6.45, 7) is 1.26. The van der Waals surface area contributed by atoms with Gasteiger partial charge in [0, 0.05) is 37.9 Å². The third kappa shape index (κ3) is 4.37. The highest BCUT2D eigenvalue weighted by Gasteiger charge is 2.32. The summed E-state index contributed by atoms with van der Waals surface area (Å²) in [5.41, 5.74) is -1.52. The van der Waals surface area contributed by atoms with E-state index in [0.717, 1.165) is 36.5 Å². The second-order valence-electron chi connectivity index (χ2n) is 6.26. The van der Waals surface area contributed by atoms with Crippen LogP contribution in [0.15, 0.2) is 42.6 Å². The van der Waals surface area contributed by atoms with E-state index in [1.807, 2.05) is 0 Å². The monoisotopic (exact) mass is 403 g/mol. The molecule has 0 unspecified atom stereocenters. The summed E-state index contributed by atoms with van der Waals surface area (Å²) in [5, 5.41) is 0. The highest BCUT2D eigenvalue weighted by molar-refractivity contribution is 5.94. The maximum Gasteiger partial charge on any atom is 0.417 e. The quantitative estimate of drug-likeness (QED) is 0.709. The molecule has 2 heterocycles. The van der Waals surface area contributed by atoms with Crippen molar-refractivity contribution < 1.29 is 31.1 Å².